The van der Waals surface area contributed by atoms with Crippen LogP contribution in [0.5, 0.6) is 0 Å². The second kappa shape index (κ2) is 3.58. The second-order valence-corrected chi connectivity index (χ2v) is 3.10. The Labute approximate surface area is 71.6 Å². The third kappa shape index (κ3) is 1.58. The molecule has 0 radical (unpaired) electrons. The first-order valence-electron chi connectivity index (χ1n) is 4.10. The summed E-state index contributed by atoms with van der Waals surface area (Å²) in [6.45, 7) is 4.57. The molecule has 0 aliphatic rings. The van der Waals surface area contributed by atoms with E-state index in [1.807, 2.05) is 20.9 Å². The average Bonchev–Trinajstić information content (AvgIpc) is 2.34. The van der Waals surface area contributed by atoms with Gasteiger partial charge in [-0.05, 0) is 20.9 Å². The van der Waals surface area contributed by atoms with E-state index in [1.54, 1.807) is 10.9 Å². The zero-order chi connectivity index (χ0) is 9.14. The molecule has 2 N–H and O–H groups in total. The lowest BCUT2D eigenvalue weighted by Crippen LogP contribution is -2.22. The summed E-state index contributed by atoms with van der Waals surface area (Å²) >= 11 is 0. The summed E-state index contributed by atoms with van der Waals surface area (Å²) in [5.41, 5.74) is 0.852. The number of hydrogen-bond donors (Lipinski definition) is 2. The molecular formula is C8H15N3O. The van der Waals surface area contributed by atoms with Crippen LogP contribution in [-0.2, 0) is 6.54 Å². The lowest BCUT2D eigenvalue weighted by molar-refractivity contribution is 0.515. The molecule has 0 saturated carbocycles. The van der Waals surface area contributed by atoms with Gasteiger partial charge in [-0.15, -0.1) is 0 Å². The summed E-state index contributed by atoms with van der Waals surface area (Å²) in [6, 6.07) is 0.197. The van der Waals surface area contributed by atoms with E-state index in [0.29, 0.717) is 6.54 Å². The molecule has 1 rings (SSSR count). The minimum absolute atomic E-state index is 0.0688. The third-order valence-corrected chi connectivity index (χ3v) is 1.75. The highest BCUT2D eigenvalue weighted by atomic mass is 16.1. The van der Waals surface area contributed by atoms with Crippen LogP contribution >= 0.6 is 0 Å². The van der Waals surface area contributed by atoms with Gasteiger partial charge in [-0.1, -0.05) is 0 Å². The zero-order valence-corrected chi connectivity index (χ0v) is 7.72. The maximum Gasteiger partial charge on any atom is 0.271 e. The van der Waals surface area contributed by atoms with Crippen molar-refractivity contribution in [3.63, 3.8) is 0 Å². The van der Waals surface area contributed by atoms with E-state index >= 15 is 0 Å². The van der Waals surface area contributed by atoms with Crippen LogP contribution in [0.4, 0.5) is 0 Å². The smallest absolute Gasteiger partial charge is 0.271 e. The van der Waals surface area contributed by atoms with Crippen LogP contribution < -0.4 is 10.9 Å². The Bertz CT molecular complexity index is 297. The number of rotatable bonds is 3. The van der Waals surface area contributed by atoms with E-state index in [1.165, 1.54) is 0 Å². The van der Waals surface area contributed by atoms with Crippen LogP contribution in [0.2, 0.25) is 0 Å². The van der Waals surface area contributed by atoms with Gasteiger partial charge in [-0.2, -0.15) is 0 Å². The molecule has 0 fully saturated rings. The number of aromatic amines is 1. The van der Waals surface area contributed by atoms with Crippen molar-refractivity contribution in [2.75, 3.05) is 7.05 Å². The Balaban J connectivity index is 2.97. The molecule has 1 heterocycles. The number of nitrogens with one attached hydrogen (secondary N) is 2. The van der Waals surface area contributed by atoms with Crippen molar-refractivity contribution in [2.45, 2.75) is 26.4 Å². The Morgan fingerprint density at radius 2 is 2.33 bits per heavy atom. The average molecular weight is 169 g/mol. The van der Waals surface area contributed by atoms with Gasteiger partial charge >= 0.3 is 0 Å². The zero-order valence-electron chi connectivity index (χ0n) is 7.72. The second-order valence-electron chi connectivity index (χ2n) is 3.10. The Kier molecular flexibility index (Phi) is 2.70. The van der Waals surface area contributed by atoms with Crippen LogP contribution in [0.15, 0.2) is 11.0 Å². The van der Waals surface area contributed by atoms with E-state index in [2.05, 4.69) is 10.4 Å². The SMILES string of the molecule is CNCc1c[nH]n(C(C)C)c1=O. The van der Waals surface area contributed by atoms with Crippen LogP contribution in [0.1, 0.15) is 25.5 Å². The quantitative estimate of drug-likeness (QED) is 0.691. The third-order valence-electron chi connectivity index (χ3n) is 1.75. The summed E-state index contributed by atoms with van der Waals surface area (Å²) < 4.78 is 1.62. The molecule has 68 valence electrons. The van der Waals surface area contributed by atoms with Crippen LogP contribution in [0.25, 0.3) is 0 Å². The minimum atomic E-state index is 0.0688. The minimum Gasteiger partial charge on any atom is -0.315 e. The Morgan fingerprint density at radius 3 is 2.75 bits per heavy atom. The summed E-state index contributed by atoms with van der Waals surface area (Å²) in [4.78, 5) is 11.5. The van der Waals surface area contributed by atoms with Gasteiger partial charge in [0, 0.05) is 18.8 Å². The molecule has 0 aliphatic heterocycles. The molecule has 1 aromatic heterocycles. The molecule has 0 unspecified atom stereocenters. The van der Waals surface area contributed by atoms with E-state index < -0.39 is 0 Å². The monoisotopic (exact) mass is 169 g/mol. The first-order valence-corrected chi connectivity index (χ1v) is 4.10. The van der Waals surface area contributed by atoms with Gasteiger partial charge in [-0.3, -0.25) is 9.48 Å². The molecule has 0 bridgehead atoms. The van der Waals surface area contributed by atoms with Crippen molar-refractivity contribution >= 4 is 0 Å². The molecule has 0 saturated heterocycles. The molecular weight excluding hydrogens is 154 g/mol. The number of nitrogens with zero attached hydrogens (tertiary/aromatic N) is 1. The summed E-state index contributed by atoms with van der Waals surface area (Å²) in [7, 11) is 1.83. The first-order chi connectivity index (χ1) is 5.66. The summed E-state index contributed by atoms with van der Waals surface area (Å²) in [5.74, 6) is 0. The number of hydrogen-bond acceptors (Lipinski definition) is 2. The standard InChI is InChI=1S/C8H15N3O/c1-6(2)11-8(12)7(4-9-3)5-10-11/h5-6,9-10H,4H2,1-3H3. The predicted molar refractivity (Wildman–Crippen MR) is 48.2 cm³/mol. The molecule has 1 aromatic rings. The lowest BCUT2D eigenvalue weighted by Gasteiger charge is -2.03. The first kappa shape index (κ1) is 9.06. The van der Waals surface area contributed by atoms with Crippen molar-refractivity contribution < 1.29 is 0 Å². The summed E-state index contributed by atoms with van der Waals surface area (Å²) in [5, 5.41) is 5.87. The molecule has 0 atom stereocenters. The van der Waals surface area contributed by atoms with Crippen molar-refractivity contribution in [3.8, 4) is 0 Å². The molecule has 0 aromatic carbocycles. The van der Waals surface area contributed by atoms with Crippen molar-refractivity contribution in [3.05, 3.63) is 22.1 Å². The Morgan fingerprint density at radius 1 is 1.67 bits per heavy atom. The van der Waals surface area contributed by atoms with Gasteiger partial charge in [0.1, 0.15) is 0 Å². The molecule has 0 amide bonds. The van der Waals surface area contributed by atoms with Crippen molar-refractivity contribution in [2.24, 2.45) is 0 Å². The van der Waals surface area contributed by atoms with Crippen LogP contribution in [0, 0.1) is 0 Å². The molecule has 12 heavy (non-hydrogen) atoms. The maximum atomic E-state index is 11.5. The van der Waals surface area contributed by atoms with E-state index in [0.717, 1.165) is 5.56 Å². The fourth-order valence-electron chi connectivity index (χ4n) is 1.12. The highest BCUT2D eigenvalue weighted by molar-refractivity contribution is 5.04. The normalized spacial score (nSPS) is 11.0. The topological polar surface area (TPSA) is 49.8 Å². The maximum absolute atomic E-state index is 11.5. The lowest BCUT2D eigenvalue weighted by atomic mass is 10.3. The molecule has 4 heteroatoms. The van der Waals surface area contributed by atoms with Gasteiger partial charge in [-0.25, -0.2) is 0 Å². The van der Waals surface area contributed by atoms with E-state index in [9.17, 15) is 4.79 Å². The van der Waals surface area contributed by atoms with Gasteiger partial charge in [0.2, 0.25) is 0 Å². The fourth-order valence-corrected chi connectivity index (χ4v) is 1.12. The molecule has 4 nitrogen and oxygen atoms in total. The van der Waals surface area contributed by atoms with E-state index in [4.69, 9.17) is 0 Å². The predicted octanol–water partition coefficient (Wildman–Crippen LogP) is 0.477. The van der Waals surface area contributed by atoms with Crippen LogP contribution in [-0.4, -0.2) is 16.8 Å². The fraction of sp³-hybridized carbons (Fsp3) is 0.625. The highest BCUT2D eigenvalue weighted by Gasteiger charge is 2.06. The van der Waals surface area contributed by atoms with Gasteiger partial charge in [0.15, 0.2) is 0 Å². The highest BCUT2D eigenvalue weighted by Crippen LogP contribution is 1.98. The van der Waals surface area contributed by atoms with Crippen molar-refractivity contribution in [1.82, 2.24) is 15.1 Å². The van der Waals surface area contributed by atoms with Crippen molar-refractivity contribution in [1.29, 1.82) is 0 Å². The van der Waals surface area contributed by atoms with Gasteiger partial charge < -0.3 is 10.4 Å². The Hall–Kier alpha value is -1.03. The number of aromatic nitrogens is 2. The van der Waals surface area contributed by atoms with E-state index in [-0.39, 0.29) is 11.6 Å². The largest absolute Gasteiger partial charge is 0.315 e. The van der Waals surface area contributed by atoms with Gasteiger partial charge in [0.25, 0.3) is 5.56 Å². The summed E-state index contributed by atoms with van der Waals surface area (Å²) in [6.07, 6.45) is 1.75. The van der Waals surface area contributed by atoms with Gasteiger partial charge in [0.05, 0.1) is 5.56 Å². The molecule has 0 aliphatic carbocycles. The number of H-pyrrole nitrogens is 1. The van der Waals surface area contributed by atoms with Crippen LogP contribution in [0.3, 0.4) is 0 Å². The molecule has 0 spiro atoms.